The molecule has 1 heterocycles. The minimum absolute atomic E-state index is 0.0272. The quantitative estimate of drug-likeness (QED) is 0.789. The molecule has 2 N–H and O–H groups in total. The third-order valence-electron chi connectivity index (χ3n) is 3.65. The normalized spacial score (nSPS) is 12.0. The number of rotatable bonds is 2. The Morgan fingerprint density at radius 1 is 1.05 bits per heavy atom. The maximum Gasteiger partial charge on any atom is 0.271 e. The summed E-state index contributed by atoms with van der Waals surface area (Å²) in [6, 6.07) is 10.7. The van der Waals surface area contributed by atoms with Gasteiger partial charge in [-0.2, -0.15) is 0 Å². The zero-order chi connectivity index (χ0) is 16.1. The summed E-state index contributed by atoms with van der Waals surface area (Å²) in [6.45, 7) is 5.53. The number of para-hydroxylation sites is 2. The number of imidazole rings is 1. The lowest BCUT2D eigenvalue weighted by molar-refractivity contribution is 0.588. The van der Waals surface area contributed by atoms with Crippen molar-refractivity contribution in [3.8, 4) is 0 Å². The Labute approximate surface area is 129 Å². The Hall–Kier alpha value is -2.34. The van der Waals surface area contributed by atoms with Crippen molar-refractivity contribution in [2.75, 3.05) is 5.73 Å². The van der Waals surface area contributed by atoms with Crippen molar-refractivity contribution >= 4 is 27.0 Å². The number of fused-ring (bicyclic) bond motifs is 1. The molecular formula is C16H17N3O2S. The van der Waals surface area contributed by atoms with E-state index in [1.807, 2.05) is 19.1 Å². The van der Waals surface area contributed by atoms with Gasteiger partial charge in [-0.05, 0) is 44.0 Å². The second kappa shape index (κ2) is 4.84. The van der Waals surface area contributed by atoms with E-state index >= 15 is 0 Å². The van der Waals surface area contributed by atoms with Crippen LogP contribution in [0.5, 0.6) is 0 Å². The first-order valence-corrected chi connectivity index (χ1v) is 8.33. The number of benzene rings is 2. The van der Waals surface area contributed by atoms with Crippen molar-refractivity contribution in [3.63, 3.8) is 0 Å². The fourth-order valence-electron chi connectivity index (χ4n) is 2.94. The Bertz CT molecular complexity index is 965. The standard InChI is InChI=1S/C16H17N3O2S/c1-10-8-11(2)15(12(3)9-10)22(20,21)19-14-7-5-4-6-13(14)18-16(19)17/h4-9H,1-3H3,(H2,17,18). The molecule has 0 saturated carbocycles. The van der Waals surface area contributed by atoms with E-state index in [0.717, 1.165) is 9.54 Å². The average molecular weight is 315 g/mol. The van der Waals surface area contributed by atoms with Crippen LogP contribution in [-0.4, -0.2) is 17.4 Å². The first-order chi connectivity index (χ1) is 10.3. The van der Waals surface area contributed by atoms with Crippen LogP contribution in [0, 0.1) is 20.8 Å². The number of anilines is 1. The number of nitrogens with zero attached hydrogens (tertiary/aromatic N) is 2. The van der Waals surface area contributed by atoms with E-state index in [1.165, 1.54) is 0 Å². The number of hydrogen-bond donors (Lipinski definition) is 1. The molecule has 2 aromatic carbocycles. The first-order valence-electron chi connectivity index (χ1n) is 6.89. The molecule has 3 aromatic rings. The summed E-state index contributed by atoms with van der Waals surface area (Å²) in [7, 11) is -3.80. The predicted molar refractivity (Wildman–Crippen MR) is 87.4 cm³/mol. The summed E-state index contributed by atoms with van der Waals surface area (Å²) in [5.74, 6) is -0.0272. The molecule has 22 heavy (non-hydrogen) atoms. The predicted octanol–water partition coefficient (Wildman–Crippen LogP) is 2.78. The molecular weight excluding hydrogens is 298 g/mol. The van der Waals surface area contributed by atoms with Gasteiger partial charge in [-0.25, -0.2) is 17.4 Å². The van der Waals surface area contributed by atoms with Gasteiger partial charge in [0.1, 0.15) is 0 Å². The van der Waals surface area contributed by atoms with Gasteiger partial charge in [-0.15, -0.1) is 0 Å². The van der Waals surface area contributed by atoms with Gasteiger partial charge in [-0.3, -0.25) is 0 Å². The van der Waals surface area contributed by atoms with Crippen LogP contribution in [0.15, 0.2) is 41.3 Å². The maximum absolute atomic E-state index is 13.1. The fourth-order valence-corrected chi connectivity index (χ4v) is 4.75. The lowest BCUT2D eigenvalue weighted by atomic mass is 10.1. The molecule has 0 unspecified atom stereocenters. The van der Waals surface area contributed by atoms with Crippen molar-refractivity contribution < 1.29 is 8.42 Å². The number of nitrogen functional groups attached to an aromatic ring is 1. The summed E-state index contributed by atoms with van der Waals surface area (Å²) >= 11 is 0. The van der Waals surface area contributed by atoms with Gasteiger partial charge in [0.2, 0.25) is 5.95 Å². The van der Waals surface area contributed by atoms with Gasteiger partial charge in [0.25, 0.3) is 10.0 Å². The second-order valence-corrected chi connectivity index (χ2v) is 7.18. The second-order valence-electron chi connectivity index (χ2n) is 5.46. The molecule has 0 saturated heterocycles. The third kappa shape index (κ3) is 2.07. The van der Waals surface area contributed by atoms with Crippen LogP contribution in [0.1, 0.15) is 16.7 Å². The molecule has 3 rings (SSSR count). The largest absolute Gasteiger partial charge is 0.368 e. The molecule has 0 spiro atoms. The van der Waals surface area contributed by atoms with Crippen LogP contribution in [0.3, 0.4) is 0 Å². The average Bonchev–Trinajstić information content (AvgIpc) is 2.73. The van der Waals surface area contributed by atoms with E-state index in [-0.39, 0.29) is 10.8 Å². The van der Waals surface area contributed by atoms with Crippen LogP contribution in [0.4, 0.5) is 5.95 Å². The van der Waals surface area contributed by atoms with Gasteiger partial charge < -0.3 is 5.73 Å². The summed E-state index contributed by atoms with van der Waals surface area (Å²) in [4.78, 5) is 4.43. The SMILES string of the molecule is Cc1cc(C)c(S(=O)(=O)n2c(N)nc3ccccc32)c(C)c1. The van der Waals surface area contributed by atoms with Crippen LogP contribution < -0.4 is 5.73 Å². The zero-order valence-electron chi connectivity index (χ0n) is 12.7. The van der Waals surface area contributed by atoms with E-state index in [9.17, 15) is 8.42 Å². The minimum atomic E-state index is -3.80. The smallest absolute Gasteiger partial charge is 0.271 e. The Kier molecular flexibility index (Phi) is 3.21. The molecule has 5 nitrogen and oxygen atoms in total. The summed E-state index contributed by atoms with van der Waals surface area (Å²) in [6.07, 6.45) is 0. The highest BCUT2D eigenvalue weighted by Gasteiger charge is 2.26. The lowest BCUT2D eigenvalue weighted by Crippen LogP contribution is -2.18. The van der Waals surface area contributed by atoms with Crippen LogP contribution >= 0.6 is 0 Å². The molecule has 0 bridgehead atoms. The van der Waals surface area contributed by atoms with E-state index in [0.29, 0.717) is 22.2 Å². The van der Waals surface area contributed by atoms with Crippen molar-refractivity contribution in [3.05, 3.63) is 53.1 Å². The fraction of sp³-hybridized carbons (Fsp3) is 0.188. The van der Waals surface area contributed by atoms with Gasteiger partial charge in [0, 0.05) is 0 Å². The van der Waals surface area contributed by atoms with Crippen molar-refractivity contribution in [2.45, 2.75) is 25.7 Å². The van der Waals surface area contributed by atoms with Crippen LogP contribution in [0.2, 0.25) is 0 Å². The lowest BCUT2D eigenvalue weighted by Gasteiger charge is -2.14. The van der Waals surface area contributed by atoms with Gasteiger partial charge in [0.15, 0.2) is 0 Å². The van der Waals surface area contributed by atoms with E-state index in [2.05, 4.69) is 4.98 Å². The number of aromatic nitrogens is 2. The number of nitrogens with two attached hydrogens (primary N) is 1. The van der Waals surface area contributed by atoms with Crippen LogP contribution in [-0.2, 0) is 10.0 Å². The monoisotopic (exact) mass is 315 g/mol. The Balaban J connectivity index is 2.37. The molecule has 0 aliphatic rings. The summed E-state index contributed by atoms with van der Waals surface area (Å²) in [5, 5.41) is 0. The molecule has 0 radical (unpaired) electrons. The molecule has 0 aliphatic heterocycles. The van der Waals surface area contributed by atoms with Gasteiger partial charge >= 0.3 is 0 Å². The molecule has 0 fully saturated rings. The summed E-state index contributed by atoms with van der Waals surface area (Å²) < 4.78 is 27.4. The first kappa shape index (κ1) is 14.6. The van der Waals surface area contributed by atoms with Crippen molar-refractivity contribution in [1.29, 1.82) is 0 Å². The highest BCUT2D eigenvalue weighted by Crippen LogP contribution is 2.29. The van der Waals surface area contributed by atoms with Crippen LogP contribution in [0.25, 0.3) is 11.0 Å². The molecule has 1 aromatic heterocycles. The Morgan fingerprint density at radius 2 is 1.64 bits per heavy atom. The van der Waals surface area contributed by atoms with E-state index < -0.39 is 10.0 Å². The van der Waals surface area contributed by atoms with Gasteiger partial charge in [-0.1, -0.05) is 29.8 Å². The highest BCUT2D eigenvalue weighted by atomic mass is 32.2. The highest BCUT2D eigenvalue weighted by molar-refractivity contribution is 7.90. The van der Waals surface area contributed by atoms with E-state index in [4.69, 9.17) is 5.73 Å². The zero-order valence-corrected chi connectivity index (χ0v) is 13.5. The molecule has 0 amide bonds. The number of aryl methyl sites for hydroxylation is 3. The molecule has 6 heteroatoms. The Morgan fingerprint density at radius 3 is 2.27 bits per heavy atom. The maximum atomic E-state index is 13.1. The number of hydrogen-bond acceptors (Lipinski definition) is 4. The topological polar surface area (TPSA) is 78.0 Å². The summed E-state index contributed by atoms with van der Waals surface area (Å²) in [5.41, 5.74) is 9.36. The molecule has 114 valence electrons. The molecule has 0 atom stereocenters. The van der Waals surface area contributed by atoms with E-state index in [1.54, 1.807) is 38.1 Å². The van der Waals surface area contributed by atoms with Crippen molar-refractivity contribution in [2.24, 2.45) is 0 Å². The van der Waals surface area contributed by atoms with Gasteiger partial charge in [0.05, 0.1) is 15.9 Å². The molecule has 0 aliphatic carbocycles. The third-order valence-corrected chi connectivity index (χ3v) is 5.67. The minimum Gasteiger partial charge on any atom is -0.368 e. The van der Waals surface area contributed by atoms with Crippen molar-refractivity contribution in [1.82, 2.24) is 8.96 Å².